The van der Waals surface area contributed by atoms with E-state index < -0.39 is 5.97 Å². The summed E-state index contributed by atoms with van der Waals surface area (Å²) in [5, 5.41) is 2.06. The summed E-state index contributed by atoms with van der Waals surface area (Å²) in [5.41, 5.74) is -0.357. The van der Waals surface area contributed by atoms with Crippen LogP contribution in [0.2, 0.25) is 0 Å². The Bertz CT molecular complexity index is 298. The van der Waals surface area contributed by atoms with Crippen LogP contribution >= 0.6 is 0 Å². The molecular formula is C6H7NO4. The number of carbonyl (C=O) groups excluding carboxylic acids is 1. The molecule has 0 unspecified atom stereocenters. The van der Waals surface area contributed by atoms with E-state index in [1.54, 1.807) is 0 Å². The molecule has 0 atom stereocenters. The molecule has 60 valence electrons. The fourth-order valence-corrected chi connectivity index (χ4v) is 0.623. The van der Waals surface area contributed by atoms with E-state index in [0.29, 0.717) is 0 Å². The van der Waals surface area contributed by atoms with Crippen LogP contribution in [0.4, 0.5) is 0 Å². The van der Waals surface area contributed by atoms with Crippen LogP contribution in [-0.4, -0.2) is 18.2 Å². The molecule has 0 aromatic carbocycles. The van der Waals surface area contributed by atoms with Crippen LogP contribution in [0.5, 0.6) is 0 Å². The summed E-state index contributed by atoms with van der Waals surface area (Å²) in [5.74, 6) is -0.158. The first-order valence-corrected chi connectivity index (χ1v) is 2.96. The number of aromatic amines is 1. The van der Waals surface area contributed by atoms with Gasteiger partial charge in [0.1, 0.15) is 12.2 Å². The third-order valence-corrected chi connectivity index (χ3v) is 1.12. The molecule has 11 heavy (non-hydrogen) atoms. The van der Waals surface area contributed by atoms with Gasteiger partial charge in [-0.05, 0) is 0 Å². The molecule has 5 nitrogen and oxygen atoms in total. The molecular weight excluding hydrogens is 150 g/mol. The van der Waals surface area contributed by atoms with Gasteiger partial charge in [0.2, 0.25) is 0 Å². The number of methoxy groups -OCH3 is 1. The van der Waals surface area contributed by atoms with Crippen molar-refractivity contribution in [3.05, 3.63) is 22.2 Å². The molecule has 0 saturated heterocycles. The third-order valence-electron chi connectivity index (χ3n) is 1.12. The number of carbonyl (C=O) groups is 1. The van der Waals surface area contributed by atoms with Gasteiger partial charge in [0.05, 0.1) is 7.11 Å². The molecule has 1 N–H and O–H groups in total. The maximum Gasteiger partial charge on any atom is 0.313 e. The molecule has 5 heteroatoms. The van der Waals surface area contributed by atoms with Crippen LogP contribution in [0, 0.1) is 0 Å². The van der Waals surface area contributed by atoms with Crippen molar-refractivity contribution in [2.45, 2.75) is 6.42 Å². The van der Waals surface area contributed by atoms with Crippen LogP contribution in [0.15, 0.2) is 15.4 Å². The molecule has 0 amide bonds. The smallest absolute Gasteiger partial charge is 0.313 e. The van der Waals surface area contributed by atoms with Crippen LogP contribution in [0.1, 0.15) is 5.76 Å². The van der Waals surface area contributed by atoms with Crippen molar-refractivity contribution < 1.29 is 14.1 Å². The number of aromatic nitrogens is 1. The van der Waals surface area contributed by atoms with Gasteiger partial charge in [-0.3, -0.25) is 9.59 Å². The predicted molar refractivity (Wildman–Crippen MR) is 35.0 cm³/mol. The lowest BCUT2D eigenvalue weighted by molar-refractivity contribution is -0.140. The Morgan fingerprint density at radius 1 is 1.82 bits per heavy atom. The lowest BCUT2D eigenvalue weighted by atomic mass is 10.3. The molecule has 0 aliphatic rings. The number of rotatable bonds is 2. The molecule has 1 rings (SSSR count). The lowest BCUT2D eigenvalue weighted by Gasteiger charge is -1.92. The topological polar surface area (TPSA) is 72.3 Å². The molecule has 0 bridgehead atoms. The van der Waals surface area contributed by atoms with E-state index in [1.165, 1.54) is 13.2 Å². The van der Waals surface area contributed by atoms with Crippen LogP contribution in [0.25, 0.3) is 0 Å². The van der Waals surface area contributed by atoms with Crippen molar-refractivity contribution in [2.24, 2.45) is 0 Å². The van der Waals surface area contributed by atoms with E-state index in [4.69, 9.17) is 0 Å². The van der Waals surface area contributed by atoms with E-state index in [1.807, 2.05) is 0 Å². The lowest BCUT2D eigenvalue weighted by Crippen LogP contribution is -2.03. The predicted octanol–water partition coefficient (Wildman–Crippen LogP) is -0.317. The Kier molecular flexibility index (Phi) is 2.10. The van der Waals surface area contributed by atoms with E-state index in [2.05, 4.69) is 14.4 Å². The van der Waals surface area contributed by atoms with Crippen molar-refractivity contribution >= 4 is 5.97 Å². The van der Waals surface area contributed by atoms with Crippen molar-refractivity contribution in [1.29, 1.82) is 0 Å². The third kappa shape index (κ3) is 1.96. The number of nitrogens with one attached hydrogen (secondary N) is 1. The van der Waals surface area contributed by atoms with Gasteiger partial charge < -0.3 is 9.26 Å². The Hall–Kier alpha value is -1.52. The number of hydrogen-bond donors (Lipinski definition) is 1. The summed E-state index contributed by atoms with van der Waals surface area (Å²) < 4.78 is 8.95. The molecule has 0 saturated carbocycles. The van der Waals surface area contributed by atoms with Gasteiger partial charge in [-0.25, -0.2) is 0 Å². The zero-order valence-corrected chi connectivity index (χ0v) is 5.92. The van der Waals surface area contributed by atoms with Gasteiger partial charge in [0.25, 0.3) is 5.56 Å². The average Bonchev–Trinajstić information content (AvgIpc) is 2.35. The number of esters is 1. The fourth-order valence-electron chi connectivity index (χ4n) is 0.623. The summed E-state index contributed by atoms with van der Waals surface area (Å²) in [4.78, 5) is 21.1. The summed E-state index contributed by atoms with van der Waals surface area (Å²) >= 11 is 0. The standard InChI is InChI=1S/C6H7NO4/c1-10-6(9)3-4-2-5(8)7-11-4/h2H,3H2,1H3,(H,7,8). The Labute approximate surface area is 61.9 Å². The van der Waals surface area contributed by atoms with Gasteiger partial charge in [-0.2, -0.15) is 5.16 Å². The second-order valence-electron chi connectivity index (χ2n) is 1.93. The molecule has 0 aliphatic heterocycles. The highest BCUT2D eigenvalue weighted by Crippen LogP contribution is 1.94. The monoisotopic (exact) mass is 157 g/mol. The Morgan fingerprint density at radius 2 is 2.55 bits per heavy atom. The first kappa shape index (κ1) is 7.59. The molecule has 0 aliphatic carbocycles. The minimum atomic E-state index is -0.437. The van der Waals surface area contributed by atoms with E-state index in [0.717, 1.165) is 0 Å². The Balaban J connectivity index is 2.65. The van der Waals surface area contributed by atoms with Crippen LogP contribution < -0.4 is 5.56 Å². The number of ether oxygens (including phenoxy) is 1. The highest BCUT2D eigenvalue weighted by atomic mass is 16.5. The minimum Gasteiger partial charge on any atom is -0.469 e. The number of hydrogen-bond acceptors (Lipinski definition) is 4. The molecule has 0 fully saturated rings. The van der Waals surface area contributed by atoms with Gasteiger partial charge in [0.15, 0.2) is 0 Å². The second kappa shape index (κ2) is 3.05. The molecule has 1 aromatic heterocycles. The summed E-state index contributed by atoms with van der Waals surface area (Å²) in [6.07, 6.45) is -0.0186. The minimum absolute atomic E-state index is 0.0186. The second-order valence-corrected chi connectivity index (χ2v) is 1.93. The van der Waals surface area contributed by atoms with Crippen molar-refractivity contribution in [1.82, 2.24) is 5.16 Å². The normalized spacial score (nSPS) is 9.55. The van der Waals surface area contributed by atoms with Crippen molar-refractivity contribution in [3.8, 4) is 0 Å². The van der Waals surface area contributed by atoms with Crippen molar-refractivity contribution in [2.75, 3.05) is 7.11 Å². The molecule has 0 radical (unpaired) electrons. The summed E-state index contributed by atoms with van der Waals surface area (Å²) in [6.45, 7) is 0. The van der Waals surface area contributed by atoms with Gasteiger partial charge in [-0.15, -0.1) is 0 Å². The molecule has 1 aromatic rings. The van der Waals surface area contributed by atoms with Crippen LogP contribution in [-0.2, 0) is 16.0 Å². The summed E-state index contributed by atoms with van der Waals surface area (Å²) in [7, 11) is 1.27. The van der Waals surface area contributed by atoms with Gasteiger partial charge in [-0.1, -0.05) is 0 Å². The maximum atomic E-state index is 10.6. The van der Waals surface area contributed by atoms with Gasteiger partial charge in [0, 0.05) is 6.07 Å². The SMILES string of the molecule is COC(=O)Cc1cc(=O)[nH]o1. The first-order chi connectivity index (χ1) is 5.22. The van der Waals surface area contributed by atoms with Crippen molar-refractivity contribution in [3.63, 3.8) is 0 Å². The highest BCUT2D eigenvalue weighted by Gasteiger charge is 2.06. The fraction of sp³-hybridized carbons (Fsp3) is 0.333. The Morgan fingerprint density at radius 3 is 3.00 bits per heavy atom. The van der Waals surface area contributed by atoms with Crippen LogP contribution in [0.3, 0.4) is 0 Å². The largest absolute Gasteiger partial charge is 0.469 e. The molecule has 0 spiro atoms. The first-order valence-electron chi connectivity index (χ1n) is 2.96. The highest BCUT2D eigenvalue weighted by molar-refractivity contribution is 5.71. The average molecular weight is 157 g/mol. The zero-order valence-electron chi connectivity index (χ0n) is 5.92. The quantitative estimate of drug-likeness (QED) is 0.597. The number of H-pyrrole nitrogens is 1. The van der Waals surface area contributed by atoms with Gasteiger partial charge >= 0.3 is 5.97 Å². The summed E-state index contributed by atoms with van der Waals surface area (Å²) in [6, 6.07) is 1.21. The molecule has 1 heterocycles. The van der Waals surface area contributed by atoms with E-state index in [-0.39, 0.29) is 17.7 Å². The van der Waals surface area contributed by atoms with E-state index >= 15 is 0 Å². The van der Waals surface area contributed by atoms with E-state index in [9.17, 15) is 9.59 Å². The maximum absolute atomic E-state index is 10.6. The zero-order chi connectivity index (χ0) is 8.27.